The van der Waals surface area contributed by atoms with Gasteiger partial charge >= 0.3 is 5.97 Å². The maximum atomic E-state index is 11.1. The first-order valence-electron chi connectivity index (χ1n) is 14.4. The SMILES string of the molecule is CC(C)CCC[C@@H](C)[C@H]1CC[C@H]2[C@@H]3CC=C4C[C@@H](OC[C@H](N)C(=O)O)CC[C@]4(C)[C@H]3CC[C@]12C. The van der Waals surface area contributed by atoms with Crippen molar-refractivity contribution in [3.63, 3.8) is 0 Å². The number of ether oxygens (including phenoxy) is 1. The van der Waals surface area contributed by atoms with Crippen molar-refractivity contribution in [2.45, 2.75) is 117 Å². The van der Waals surface area contributed by atoms with Crippen LogP contribution in [0.5, 0.6) is 0 Å². The molecule has 9 atom stereocenters. The zero-order chi connectivity index (χ0) is 24.7. The lowest BCUT2D eigenvalue weighted by Gasteiger charge is -2.58. The molecule has 3 saturated carbocycles. The number of nitrogens with two attached hydrogens (primary N) is 1. The van der Waals surface area contributed by atoms with Gasteiger partial charge in [0, 0.05) is 0 Å². The van der Waals surface area contributed by atoms with E-state index in [0.717, 1.165) is 48.3 Å². The van der Waals surface area contributed by atoms with Crippen LogP contribution in [0.4, 0.5) is 0 Å². The van der Waals surface area contributed by atoms with Crippen LogP contribution in [0.15, 0.2) is 11.6 Å². The molecule has 0 aromatic carbocycles. The van der Waals surface area contributed by atoms with E-state index in [2.05, 4.69) is 40.7 Å². The van der Waals surface area contributed by atoms with Crippen molar-refractivity contribution in [2.24, 2.45) is 52.1 Å². The smallest absolute Gasteiger partial charge is 0.322 e. The number of aliphatic carboxylic acids is 1. The predicted octanol–water partition coefficient (Wildman–Crippen LogP) is 6.82. The molecule has 0 aliphatic heterocycles. The third-order valence-electron chi connectivity index (χ3n) is 11.1. The van der Waals surface area contributed by atoms with Crippen LogP contribution in [0, 0.1) is 46.3 Å². The highest BCUT2D eigenvalue weighted by atomic mass is 16.5. The second-order valence-corrected chi connectivity index (χ2v) is 13.4. The molecule has 3 fully saturated rings. The van der Waals surface area contributed by atoms with Gasteiger partial charge in [0.2, 0.25) is 0 Å². The molecule has 4 heteroatoms. The Morgan fingerprint density at radius 3 is 2.59 bits per heavy atom. The summed E-state index contributed by atoms with van der Waals surface area (Å²) in [5.41, 5.74) is 8.11. The molecule has 0 heterocycles. The molecule has 0 bridgehead atoms. The second kappa shape index (κ2) is 10.2. The second-order valence-electron chi connectivity index (χ2n) is 13.4. The van der Waals surface area contributed by atoms with Crippen LogP contribution in [0.3, 0.4) is 0 Å². The Hall–Kier alpha value is -0.870. The molecule has 194 valence electrons. The average molecular weight is 474 g/mol. The fourth-order valence-corrected chi connectivity index (χ4v) is 9.11. The van der Waals surface area contributed by atoms with Crippen LogP contribution in [-0.2, 0) is 9.53 Å². The highest BCUT2D eigenvalue weighted by Gasteiger charge is 2.59. The Kier molecular flexibility index (Phi) is 7.89. The number of hydrogen-bond acceptors (Lipinski definition) is 3. The zero-order valence-corrected chi connectivity index (χ0v) is 22.5. The minimum atomic E-state index is -0.977. The van der Waals surface area contributed by atoms with E-state index >= 15 is 0 Å². The Balaban J connectivity index is 1.41. The van der Waals surface area contributed by atoms with Crippen molar-refractivity contribution in [1.82, 2.24) is 0 Å². The van der Waals surface area contributed by atoms with Gasteiger partial charge in [0.05, 0.1) is 12.7 Å². The van der Waals surface area contributed by atoms with Crippen molar-refractivity contribution in [3.8, 4) is 0 Å². The number of carboxylic acid groups (broad SMARTS) is 1. The van der Waals surface area contributed by atoms with Gasteiger partial charge < -0.3 is 15.6 Å². The monoisotopic (exact) mass is 473 g/mol. The summed E-state index contributed by atoms with van der Waals surface area (Å²) in [5.74, 6) is 4.16. The summed E-state index contributed by atoms with van der Waals surface area (Å²) in [5, 5.41) is 9.07. The topological polar surface area (TPSA) is 72.5 Å². The predicted molar refractivity (Wildman–Crippen MR) is 138 cm³/mol. The van der Waals surface area contributed by atoms with Crippen molar-refractivity contribution in [1.29, 1.82) is 0 Å². The van der Waals surface area contributed by atoms with E-state index in [4.69, 9.17) is 15.6 Å². The Morgan fingerprint density at radius 2 is 1.88 bits per heavy atom. The Bertz CT molecular complexity index is 762. The fourth-order valence-electron chi connectivity index (χ4n) is 9.11. The molecule has 0 aromatic rings. The van der Waals surface area contributed by atoms with Gasteiger partial charge in [-0.2, -0.15) is 0 Å². The van der Waals surface area contributed by atoms with E-state index in [0.29, 0.717) is 10.8 Å². The summed E-state index contributed by atoms with van der Waals surface area (Å²) in [6.07, 6.45) is 17.0. The van der Waals surface area contributed by atoms with Crippen LogP contribution >= 0.6 is 0 Å². The van der Waals surface area contributed by atoms with E-state index in [9.17, 15) is 4.79 Å². The van der Waals surface area contributed by atoms with Gasteiger partial charge in [-0.15, -0.1) is 0 Å². The van der Waals surface area contributed by atoms with Crippen molar-refractivity contribution < 1.29 is 14.6 Å². The summed E-state index contributed by atoms with van der Waals surface area (Å²) in [6, 6.07) is -0.919. The van der Waals surface area contributed by atoms with Crippen LogP contribution in [0.25, 0.3) is 0 Å². The number of hydrogen-bond donors (Lipinski definition) is 2. The van der Waals surface area contributed by atoms with E-state index in [1.165, 1.54) is 57.8 Å². The lowest BCUT2D eigenvalue weighted by molar-refractivity contribution is -0.141. The molecule has 4 nitrogen and oxygen atoms in total. The molecule has 0 radical (unpaired) electrons. The van der Waals surface area contributed by atoms with Gasteiger partial charge in [-0.3, -0.25) is 4.79 Å². The van der Waals surface area contributed by atoms with Crippen molar-refractivity contribution in [3.05, 3.63) is 11.6 Å². The highest BCUT2D eigenvalue weighted by molar-refractivity contribution is 5.73. The largest absolute Gasteiger partial charge is 0.480 e. The molecule has 0 aromatic heterocycles. The van der Waals surface area contributed by atoms with Crippen LogP contribution in [0.1, 0.15) is 105 Å². The van der Waals surface area contributed by atoms with E-state index in [1.54, 1.807) is 5.57 Å². The molecular weight excluding hydrogens is 422 g/mol. The van der Waals surface area contributed by atoms with Gasteiger partial charge in [-0.25, -0.2) is 0 Å². The highest BCUT2D eigenvalue weighted by Crippen LogP contribution is 2.67. The van der Waals surface area contributed by atoms with Crippen LogP contribution in [0.2, 0.25) is 0 Å². The molecule has 0 unspecified atom stereocenters. The van der Waals surface area contributed by atoms with E-state index in [-0.39, 0.29) is 12.7 Å². The standard InChI is InChI=1S/C30H51NO3/c1-19(2)7-6-8-20(3)24-11-12-25-23-10-9-21-17-22(34-18-27(31)28(32)33)13-15-29(21,4)26(23)14-16-30(24,25)5/h9,19-20,22-27H,6-8,10-18,31H2,1-5H3,(H,32,33)/t20-,22+,23+,24-,25+,26+,27+,29+,30-/m1/s1. The molecule has 0 spiro atoms. The molecular formula is C30H51NO3. The Labute approximate surface area is 208 Å². The third-order valence-corrected chi connectivity index (χ3v) is 11.1. The van der Waals surface area contributed by atoms with E-state index < -0.39 is 12.0 Å². The van der Waals surface area contributed by atoms with Gasteiger partial charge in [-0.05, 0) is 97.7 Å². The number of carbonyl (C=O) groups is 1. The zero-order valence-electron chi connectivity index (χ0n) is 22.5. The number of fused-ring (bicyclic) bond motifs is 5. The normalized spacial score (nSPS) is 41.3. The lowest BCUT2D eigenvalue weighted by Crippen LogP contribution is -2.51. The lowest BCUT2D eigenvalue weighted by atomic mass is 9.47. The molecule has 4 aliphatic carbocycles. The summed E-state index contributed by atoms with van der Waals surface area (Å²) in [7, 11) is 0. The first-order chi connectivity index (χ1) is 16.1. The summed E-state index contributed by atoms with van der Waals surface area (Å²) < 4.78 is 5.96. The molecule has 3 N–H and O–H groups in total. The third kappa shape index (κ3) is 4.88. The maximum absolute atomic E-state index is 11.1. The average Bonchev–Trinajstić information content (AvgIpc) is 3.14. The van der Waals surface area contributed by atoms with Crippen LogP contribution < -0.4 is 5.73 Å². The van der Waals surface area contributed by atoms with Gasteiger partial charge in [0.1, 0.15) is 6.04 Å². The van der Waals surface area contributed by atoms with Crippen molar-refractivity contribution >= 4 is 5.97 Å². The minimum Gasteiger partial charge on any atom is -0.480 e. The number of carboxylic acids is 1. The van der Waals surface area contributed by atoms with Gasteiger partial charge in [0.15, 0.2) is 0 Å². The van der Waals surface area contributed by atoms with Crippen LogP contribution in [-0.4, -0.2) is 29.8 Å². The molecule has 4 aliphatic rings. The number of allylic oxidation sites excluding steroid dienone is 1. The quantitative estimate of drug-likeness (QED) is 0.360. The summed E-state index contributed by atoms with van der Waals surface area (Å²) in [4.78, 5) is 11.1. The van der Waals surface area contributed by atoms with Gasteiger partial charge in [-0.1, -0.05) is 65.5 Å². The summed E-state index contributed by atoms with van der Waals surface area (Å²) in [6.45, 7) is 12.6. The molecule has 0 amide bonds. The number of rotatable bonds is 9. The first kappa shape index (κ1) is 26.2. The molecule has 4 rings (SSSR count). The summed E-state index contributed by atoms with van der Waals surface area (Å²) >= 11 is 0. The maximum Gasteiger partial charge on any atom is 0.322 e. The minimum absolute atomic E-state index is 0.118. The van der Waals surface area contributed by atoms with Crippen molar-refractivity contribution in [2.75, 3.05) is 6.61 Å². The van der Waals surface area contributed by atoms with Gasteiger partial charge in [0.25, 0.3) is 0 Å². The first-order valence-corrected chi connectivity index (χ1v) is 14.4. The fraction of sp³-hybridized carbons (Fsp3) is 0.900. The molecule has 0 saturated heterocycles. The van der Waals surface area contributed by atoms with E-state index in [1.807, 2.05) is 0 Å². The molecule has 34 heavy (non-hydrogen) atoms. The Morgan fingerprint density at radius 1 is 1.12 bits per heavy atom.